The first-order chi connectivity index (χ1) is 10.3. The van der Waals surface area contributed by atoms with Crippen molar-refractivity contribution in [3.63, 3.8) is 0 Å². The van der Waals surface area contributed by atoms with Gasteiger partial charge >= 0.3 is 0 Å². The van der Waals surface area contributed by atoms with Gasteiger partial charge in [-0.2, -0.15) is 0 Å². The maximum atomic E-state index is 12.3. The number of hydrogen-bond acceptors (Lipinski definition) is 5. The number of unbranched alkanes of at least 4 members (excludes halogenated alkanes) is 1. The minimum absolute atomic E-state index is 0.0956. The number of ether oxygens (including phenoxy) is 1. The summed E-state index contributed by atoms with van der Waals surface area (Å²) in [6.45, 7) is 1.65. The molecule has 21 heavy (non-hydrogen) atoms. The molecule has 2 fully saturated rings. The van der Waals surface area contributed by atoms with Crippen LogP contribution in [-0.2, 0) is 14.3 Å². The van der Waals surface area contributed by atoms with Crippen molar-refractivity contribution in [1.29, 1.82) is 0 Å². The van der Waals surface area contributed by atoms with Gasteiger partial charge in [-0.3, -0.25) is 9.59 Å². The van der Waals surface area contributed by atoms with Crippen molar-refractivity contribution in [2.75, 3.05) is 18.9 Å². The second-order valence-electron chi connectivity index (χ2n) is 5.74. The highest BCUT2D eigenvalue weighted by Gasteiger charge is 2.26. The van der Waals surface area contributed by atoms with Crippen LogP contribution in [-0.4, -0.2) is 47.5 Å². The summed E-state index contributed by atoms with van der Waals surface area (Å²) in [4.78, 5) is 24.6. The summed E-state index contributed by atoms with van der Waals surface area (Å²) in [7, 11) is 3.99. The molecule has 0 aromatic rings. The van der Waals surface area contributed by atoms with E-state index in [1.807, 2.05) is 26.5 Å². The lowest BCUT2D eigenvalue weighted by Gasteiger charge is -2.35. The van der Waals surface area contributed by atoms with Crippen molar-refractivity contribution < 1.29 is 14.3 Å². The highest BCUT2D eigenvalue weighted by molar-refractivity contribution is 8.77. The first kappa shape index (κ1) is 17.0. The Morgan fingerprint density at radius 2 is 2.19 bits per heavy atom. The van der Waals surface area contributed by atoms with E-state index in [0.717, 1.165) is 43.9 Å². The van der Waals surface area contributed by atoms with Crippen LogP contribution in [0, 0.1) is 0 Å². The van der Waals surface area contributed by atoms with Crippen LogP contribution in [0.25, 0.3) is 0 Å². The van der Waals surface area contributed by atoms with E-state index < -0.39 is 0 Å². The standard InChI is InChI=1S/C15H25NO3S2/c17-12-19-11-13-5-3-4-9-16(13)15(18)7-2-1-6-14-8-10-20-21-14/h12-14H,1-11H2. The lowest BCUT2D eigenvalue weighted by molar-refractivity contribution is -0.140. The number of carbonyl (C=O) groups excluding carboxylic acids is 2. The number of nitrogens with zero attached hydrogens (tertiary/aromatic N) is 1. The third-order valence-corrected chi connectivity index (χ3v) is 7.20. The van der Waals surface area contributed by atoms with E-state index in [2.05, 4.69) is 0 Å². The van der Waals surface area contributed by atoms with E-state index in [1.54, 1.807) is 0 Å². The summed E-state index contributed by atoms with van der Waals surface area (Å²) >= 11 is 0. The minimum atomic E-state index is 0.0956. The van der Waals surface area contributed by atoms with Crippen LogP contribution in [0.4, 0.5) is 0 Å². The van der Waals surface area contributed by atoms with E-state index in [-0.39, 0.29) is 11.9 Å². The predicted molar refractivity (Wildman–Crippen MR) is 88.3 cm³/mol. The second-order valence-corrected chi connectivity index (χ2v) is 8.53. The molecule has 4 nitrogen and oxygen atoms in total. The van der Waals surface area contributed by atoms with Crippen molar-refractivity contribution in [2.24, 2.45) is 0 Å². The Morgan fingerprint density at radius 3 is 2.95 bits per heavy atom. The Bertz CT molecular complexity index is 335. The van der Waals surface area contributed by atoms with Crippen LogP contribution in [0.1, 0.15) is 51.4 Å². The quantitative estimate of drug-likeness (QED) is 0.388. The lowest BCUT2D eigenvalue weighted by atomic mass is 10.0. The molecule has 0 bridgehead atoms. The zero-order valence-corrected chi connectivity index (χ0v) is 14.1. The Kier molecular flexibility index (Phi) is 7.78. The maximum absolute atomic E-state index is 12.3. The van der Waals surface area contributed by atoms with Gasteiger partial charge in [0.05, 0.1) is 6.04 Å². The number of piperidine rings is 1. The molecule has 0 spiro atoms. The van der Waals surface area contributed by atoms with Gasteiger partial charge in [-0.1, -0.05) is 28.0 Å². The van der Waals surface area contributed by atoms with Gasteiger partial charge in [-0.05, 0) is 38.5 Å². The van der Waals surface area contributed by atoms with Crippen molar-refractivity contribution in [1.82, 2.24) is 4.90 Å². The highest BCUT2D eigenvalue weighted by atomic mass is 33.1. The fourth-order valence-corrected chi connectivity index (χ4v) is 6.04. The molecular weight excluding hydrogens is 306 g/mol. The van der Waals surface area contributed by atoms with Gasteiger partial charge in [-0.15, -0.1) is 0 Å². The van der Waals surface area contributed by atoms with Crippen LogP contribution >= 0.6 is 21.6 Å². The van der Waals surface area contributed by atoms with Crippen molar-refractivity contribution in [2.45, 2.75) is 62.7 Å². The van der Waals surface area contributed by atoms with Gasteiger partial charge in [0.1, 0.15) is 6.61 Å². The summed E-state index contributed by atoms with van der Waals surface area (Å²) in [5, 5.41) is 0.800. The second kappa shape index (κ2) is 9.62. The summed E-state index contributed by atoms with van der Waals surface area (Å²) in [5.41, 5.74) is 0. The van der Waals surface area contributed by atoms with Crippen molar-refractivity contribution in [3.05, 3.63) is 0 Å². The number of hydrogen-bond donors (Lipinski definition) is 0. The van der Waals surface area contributed by atoms with Gasteiger partial charge in [0.15, 0.2) is 0 Å². The number of carbonyl (C=O) groups is 2. The van der Waals surface area contributed by atoms with Crippen molar-refractivity contribution >= 4 is 34.0 Å². The van der Waals surface area contributed by atoms with E-state index in [1.165, 1.54) is 18.6 Å². The maximum Gasteiger partial charge on any atom is 0.293 e. The fraction of sp³-hybridized carbons (Fsp3) is 0.867. The van der Waals surface area contributed by atoms with E-state index in [9.17, 15) is 9.59 Å². The molecule has 2 aliphatic heterocycles. The zero-order valence-electron chi connectivity index (χ0n) is 12.5. The molecule has 0 radical (unpaired) electrons. The first-order valence-corrected chi connectivity index (χ1v) is 10.3. The smallest absolute Gasteiger partial charge is 0.293 e. The molecule has 2 atom stereocenters. The van der Waals surface area contributed by atoms with Crippen LogP contribution in [0.5, 0.6) is 0 Å². The van der Waals surface area contributed by atoms with Gasteiger partial charge in [0, 0.05) is 24.0 Å². The molecule has 6 heteroatoms. The average Bonchev–Trinajstić information content (AvgIpc) is 3.03. The predicted octanol–water partition coefficient (Wildman–Crippen LogP) is 3.25. The van der Waals surface area contributed by atoms with E-state index in [4.69, 9.17) is 4.74 Å². The van der Waals surface area contributed by atoms with Crippen LogP contribution in [0.3, 0.4) is 0 Å². The molecule has 120 valence electrons. The van der Waals surface area contributed by atoms with Gasteiger partial charge in [-0.25, -0.2) is 0 Å². The Morgan fingerprint density at radius 1 is 1.29 bits per heavy atom. The SMILES string of the molecule is O=COCC1CCCCN1C(=O)CCCCC1CCSS1. The Balaban J connectivity index is 1.66. The summed E-state index contributed by atoms with van der Waals surface area (Å²) in [5.74, 6) is 1.52. The topological polar surface area (TPSA) is 46.6 Å². The third-order valence-electron chi connectivity index (χ3n) is 4.20. The lowest BCUT2D eigenvalue weighted by Crippen LogP contribution is -2.46. The van der Waals surface area contributed by atoms with Gasteiger partial charge in [0.25, 0.3) is 6.47 Å². The molecule has 0 N–H and O–H groups in total. The van der Waals surface area contributed by atoms with Crippen LogP contribution < -0.4 is 0 Å². The Hall–Kier alpha value is -0.360. The van der Waals surface area contributed by atoms with Gasteiger partial charge < -0.3 is 9.64 Å². The normalized spacial score (nSPS) is 25.8. The monoisotopic (exact) mass is 331 g/mol. The molecule has 0 aliphatic carbocycles. The molecular formula is C15H25NO3S2. The average molecular weight is 332 g/mol. The minimum Gasteiger partial charge on any atom is -0.466 e. The third kappa shape index (κ3) is 5.74. The molecule has 2 aliphatic rings. The summed E-state index contributed by atoms with van der Waals surface area (Å²) in [6.07, 6.45) is 8.47. The molecule has 2 unspecified atom stereocenters. The largest absolute Gasteiger partial charge is 0.466 e. The fourth-order valence-electron chi connectivity index (χ4n) is 3.01. The Labute approximate surface area is 135 Å². The van der Waals surface area contributed by atoms with E-state index >= 15 is 0 Å². The first-order valence-electron chi connectivity index (χ1n) is 7.94. The van der Waals surface area contributed by atoms with E-state index in [0.29, 0.717) is 19.5 Å². The molecule has 1 amide bonds. The summed E-state index contributed by atoms with van der Waals surface area (Å²) in [6, 6.07) is 0.0956. The summed E-state index contributed by atoms with van der Waals surface area (Å²) < 4.78 is 4.87. The molecule has 0 saturated carbocycles. The van der Waals surface area contributed by atoms with Crippen LogP contribution in [0.2, 0.25) is 0 Å². The molecule has 2 rings (SSSR count). The molecule has 2 saturated heterocycles. The molecule has 2 heterocycles. The number of rotatable bonds is 8. The zero-order chi connectivity index (χ0) is 14.9. The van der Waals surface area contributed by atoms with Crippen LogP contribution in [0.15, 0.2) is 0 Å². The molecule has 0 aromatic carbocycles. The molecule has 0 aromatic heterocycles. The van der Waals surface area contributed by atoms with Gasteiger partial charge in [0.2, 0.25) is 5.91 Å². The number of likely N-dealkylation sites (tertiary alicyclic amines) is 1. The number of amides is 1. The highest BCUT2D eigenvalue weighted by Crippen LogP contribution is 2.39. The van der Waals surface area contributed by atoms with Crippen molar-refractivity contribution in [3.8, 4) is 0 Å².